The number of anilines is 1. The third kappa shape index (κ3) is 4.27. The van der Waals surface area contributed by atoms with Gasteiger partial charge in [0.1, 0.15) is 17.8 Å². The van der Waals surface area contributed by atoms with Crippen LogP contribution in [-0.4, -0.2) is 51.9 Å². The average molecular weight is 538 g/mol. The number of likely N-dealkylation sites (N-methyl/N-ethyl adjacent to an activating group) is 1. The molecule has 0 spiro atoms. The van der Waals surface area contributed by atoms with Gasteiger partial charge in [0.25, 0.3) is 0 Å². The first-order valence-electron chi connectivity index (χ1n) is 11.3. The molecule has 0 atom stereocenters. The topological polar surface area (TPSA) is 104 Å². The molecule has 2 aromatic carbocycles. The summed E-state index contributed by atoms with van der Waals surface area (Å²) in [5, 5.41) is 11.8. The number of hydrogen-bond donors (Lipinski definition) is 1. The molecule has 1 N–H and O–H groups in total. The number of aliphatic hydroxyl groups is 1. The van der Waals surface area contributed by atoms with E-state index in [0.717, 1.165) is 15.4 Å². The molecule has 3 heterocycles. The molecule has 0 aliphatic carbocycles. The van der Waals surface area contributed by atoms with Gasteiger partial charge in [-0.05, 0) is 43.7 Å². The van der Waals surface area contributed by atoms with E-state index in [1.807, 2.05) is 18.2 Å². The standard InChI is InChI=1S/C27H21Cl2N3O5/c1-27(2,36)24(34)23-22(32-13-20(33)31(3)26(32)35)18-12-17(14-8-10-15(28)11-9-14)21(30-25(18)37-23)16-6-4-5-7-19(16)29/h4-12,36H,13H2,1-3H3. The molecule has 1 fully saturated rings. The second kappa shape index (κ2) is 8.99. The minimum Gasteiger partial charge on any atom is -0.432 e. The summed E-state index contributed by atoms with van der Waals surface area (Å²) >= 11 is 12.6. The first-order valence-corrected chi connectivity index (χ1v) is 12.1. The highest BCUT2D eigenvalue weighted by Crippen LogP contribution is 2.43. The van der Waals surface area contributed by atoms with E-state index in [1.54, 1.807) is 36.4 Å². The van der Waals surface area contributed by atoms with E-state index >= 15 is 0 Å². The number of ketones is 1. The molecule has 3 amide bonds. The van der Waals surface area contributed by atoms with Crippen LogP contribution in [-0.2, 0) is 4.79 Å². The van der Waals surface area contributed by atoms with Crippen molar-refractivity contribution in [3.8, 4) is 22.4 Å². The van der Waals surface area contributed by atoms with Crippen molar-refractivity contribution in [3.63, 3.8) is 0 Å². The van der Waals surface area contributed by atoms with Crippen molar-refractivity contribution < 1.29 is 23.9 Å². The van der Waals surface area contributed by atoms with Gasteiger partial charge in [0, 0.05) is 28.2 Å². The number of urea groups is 1. The lowest BCUT2D eigenvalue weighted by atomic mass is 9.97. The maximum atomic E-state index is 13.2. The van der Waals surface area contributed by atoms with E-state index < -0.39 is 23.3 Å². The maximum Gasteiger partial charge on any atom is 0.331 e. The number of fused-ring (bicyclic) bond motifs is 1. The summed E-state index contributed by atoms with van der Waals surface area (Å²) in [5.74, 6) is -1.48. The number of imide groups is 1. The van der Waals surface area contributed by atoms with Gasteiger partial charge in [0.15, 0.2) is 5.76 Å². The molecule has 8 nitrogen and oxygen atoms in total. The van der Waals surface area contributed by atoms with Crippen molar-refractivity contribution in [1.82, 2.24) is 9.88 Å². The summed E-state index contributed by atoms with van der Waals surface area (Å²) in [4.78, 5) is 45.4. The van der Waals surface area contributed by atoms with Crippen LogP contribution in [0.15, 0.2) is 59.0 Å². The van der Waals surface area contributed by atoms with Gasteiger partial charge in [0.05, 0.1) is 11.1 Å². The molecule has 188 valence electrons. The average Bonchev–Trinajstić information content (AvgIpc) is 3.34. The number of hydrogen-bond acceptors (Lipinski definition) is 6. The van der Waals surface area contributed by atoms with Crippen LogP contribution < -0.4 is 4.90 Å². The molecule has 1 aliphatic heterocycles. The van der Waals surface area contributed by atoms with E-state index in [-0.39, 0.29) is 23.7 Å². The Bertz CT molecular complexity index is 1590. The molecule has 37 heavy (non-hydrogen) atoms. The van der Waals surface area contributed by atoms with Crippen LogP contribution in [0.2, 0.25) is 10.0 Å². The molecule has 1 aliphatic rings. The van der Waals surface area contributed by atoms with Crippen LogP contribution >= 0.6 is 23.2 Å². The molecule has 0 bridgehead atoms. The van der Waals surface area contributed by atoms with Crippen molar-refractivity contribution in [2.45, 2.75) is 19.4 Å². The lowest BCUT2D eigenvalue weighted by Crippen LogP contribution is -2.34. The van der Waals surface area contributed by atoms with Crippen LogP contribution in [0.4, 0.5) is 10.5 Å². The van der Waals surface area contributed by atoms with Gasteiger partial charge >= 0.3 is 6.03 Å². The summed E-state index contributed by atoms with van der Waals surface area (Å²) in [6, 6.07) is 15.4. The highest BCUT2D eigenvalue weighted by Gasteiger charge is 2.41. The second-order valence-electron chi connectivity index (χ2n) is 9.21. The van der Waals surface area contributed by atoms with Crippen LogP contribution in [0.25, 0.3) is 33.5 Å². The Morgan fingerprint density at radius 1 is 1.05 bits per heavy atom. The van der Waals surface area contributed by atoms with Crippen LogP contribution in [0.1, 0.15) is 24.4 Å². The van der Waals surface area contributed by atoms with E-state index in [9.17, 15) is 19.5 Å². The van der Waals surface area contributed by atoms with Crippen LogP contribution in [0.3, 0.4) is 0 Å². The number of nitrogens with zero attached hydrogens (tertiary/aromatic N) is 3. The van der Waals surface area contributed by atoms with E-state index in [0.29, 0.717) is 32.3 Å². The molecule has 4 aromatic rings. The summed E-state index contributed by atoms with van der Waals surface area (Å²) < 4.78 is 5.92. The molecule has 1 saturated heterocycles. The molecule has 10 heteroatoms. The summed E-state index contributed by atoms with van der Waals surface area (Å²) in [5.41, 5.74) is 0.778. The number of aromatic nitrogens is 1. The molecule has 5 rings (SSSR count). The predicted molar refractivity (Wildman–Crippen MR) is 141 cm³/mol. The van der Waals surface area contributed by atoms with Gasteiger partial charge < -0.3 is 9.52 Å². The monoisotopic (exact) mass is 537 g/mol. The van der Waals surface area contributed by atoms with Gasteiger partial charge in [-0.3, -0.25) is 19.4 Å². The number of amides is 3. The number of furan rings is 1. The molecule has 2 aromatic heterocycles. The Balaban J connectivity index is 1.86. The summed E-state index contributed by atoms with van der Waals surface area (Å²) in [6.07, 6.45) is 0. The summed E-state index contributed by atoms with van der Waals surface area (Å²) in [6.45, 7) is 2.34. The zero-order valence-electron chi connectivity index (χ0n) is 20.1. The Morgan fingerprint density at radius 3 is 2.32 bits per heavy atom. The zero-order chi connectivity index (χ0) is 26.6. The molecular formula is C27H21Cl2N3O5. The van der Waals surface area contributed by atoms with E-state index in [2.05, 4.69) is 0 Å². The first kappa shape index (κ1) is 25.0. The smallest absolute Gasteiger partial charge is 0.331 e. The van der Waals surface area contributed by atoms with Crippen molar-refractivity contribution in [3.05, 3.63) is 70.4 Å². The fourth-order valence-electron chi connectivity index (χ4n) is 4.19. The molecule has 0 radical (unpaired) electrons. The summed E-state index contributed by atoms with van der Waals surface area (Å²) in [7, 11) is 1.36. The Morgan fingerprint density at radius 2 is 1.73 bits per heavy atom. The number of benzene rings is 2. The van der Waals surface area contributed by atoms with Gasteiger partial charge in [-0.1, -0.05) is 53.5 Å². The van der Waals surface area contributed by atoms with Gasteiger partial charge in [0.2, 0.25) is 17.4 Å². The number of rotatable bonds is 5. The van der Waals surface area contributed by atoms with E-state index in [4.69, 9.17) is 32.6 Å². The predicted octanol–water partition coefficient (Wildman–Crippen LogP) is 5.82. The minimum absolute atomic E-state index is 0.0463. The van der Waals surface area contributed by atoms with Gasteiger partial charge in [-0.15, -0.1) is 0 Å². The molecule has 0 saturated carbocycles. The Hall–Kier alpha value is -3.72. The number of carbonyl (C=O) groups excluding carboxylic acids is 3. The van der Waals surface area contributed by atoms with Crippen molar-refractivity contribution in [2.24, 2.45) is 0 Å². The third-order valence-corrected chi connectivity index (χ3v) is 6.74. The Labute approximate surface area is 222 Å². The van der Waals surface area contributed by atoms with Gasteiger partial charge in [-0.2, -0.15) is 0 Å². The van der Waals surface area contributed by atoms with Gasteiger partial charge in [-0.25, -0.2) is 9.78 Å². The lowest BCUT2D eigenvalue weighted by molar-refractivity contribution is -0.123. The third-order valence-electron chi connectivity index (χ3n) is 6.16. The number of pyridine rings is 1. The minimum atomic E-state index is -1.81. The van der Waals surface area contributed by atoms with Crippen LogP contribution in [0, 0.1) is 0 Å². The fraction of sp³-hybridized carbons (Fsp3) is 0.185. The molecular weight excluding hydrogens is 517 g/mol. The van der Waals surface area contributed by atoms with Crippen LogP contribution in [0.5, 0.6) is 0 Å². The largest absolute Gasteiger partial charge is 0.432 e. The zero-order valence-corrected chi connectivity index (χ0v) is 21.6. The second-order valence-corrected chi connectivity index (χ2v) is 10.1. The normalized spacial score (nSPS) is 14.2. The maximum absolute atomic E-state index is 13.2. The number of Topliss-reactive ketones (excluding diaryl/α,β-unsaturated/α-hetero) is 1. The van der Waals surface area contributed by atoms with Crippen molar-refractivity contribution in [1.29, 1.82) is 0 Å². The first-order chi connectivity index (χ1) is 17.5. The number of halogens is 2. The highest BCUT2D eigenvalue weighted by molar-refractivity contribution is 6.33. The SMILES string of the molecule is CN1C(=O)CN(c2c(C(=O)C(C)(C)O)oc3nc(-c4ccccc4Cl)c(-c4ccc(Cl)cc4)cc23)C1=O. The van der Waals surface area contributed by atoms with Crippen molar-refractivity contribution >= 4 is 57.7 Å². The number of carbonyl (C=O) groups is 3. The molecule has 0 unspecified atom stereocenters. The quantitative estimate of drug-likeness (QED) is 0.254. The highest BCUT2D eigenvalue weighted by atomic mass is 35.5. The van der Waals surface area contributed by atoms with Crippen molar-refractivity contribution in [2.75, 3.05) is 18.5 Å². The Kier molecular flexibility index (Phi) is 6.06. The van der Waals surface area contributed by atoms with E-state index in [1.165, 1.54) is 20.9 Å². The lowest BCUT2D eigenvalue weighted by Gasteiger charge is -2.18. The fourth-order valence-corrected chi connectivity index (χ4v) is 4.54.